The molecule has 1 aliphatic rings. The molecule has 2 unspecified atom stereocenters. The largest absolute Gasteiger partial charge is 0.493 e. The zero-order chi connectivity index (χ0) is 27.0. The second-order valence-corrected chi connectivity index (χ2v) is 10.8. The number of aromatic nitrogens is 6. The first-order chi connectivity index (χ1) is 18.3. The summed E-state index contributed by atoms with van der Waals surface area (Å²) in [6.07, 6.45) is 0.212. The summed E-state index contributed by atoms with van der Waals surface area (Å²) in [5.41, 5.74) is 2.58. The van der Waals surface area contributed by atoms with Gasteiger partial charge in [0.25, 0.3) is 0 Å². The normalized spacial score (nSPS) is 16.4. The van der Waals surface area contributed by atoms with Gasteiger partial charge in [-0.2, -0.15) is 4.80 Å². The molecule has 0 fully saturated rings. The van der Waals surface area contributed by atoms with Crippen molar-refractivity contribution in [3.8, 4) is 17.2 Å². The van der Waals surface area contributed by atoms with Gasteiger partial charge in [0.05, 0.1) is 37.0 Å². The highest BCUT2D eigenvalue weighted by atomic mass is 35.5. The Hall–Kier alpha value is -2.99. The van der Waals surface area contributed by atoms with Crippen molar-refractivity contribution in [1.29, 1.82) is 0 Å². The summed E-state index contributed by atoms with van der Waals surface area (Å²) >= 11 is 21.2. The van der Waals surface area contributed by atoms with Crippen molar-refractivity contribution in [3.05, 3.63) is 74.5 Å². The van der Waals surface area contributed by atoms with Crippen molar-refractivity contribution < 1.29 is 19.4 Å². The van der Waals surface area contributed by atoms with Crippen LogP contribution in [0.15, 0.2) is 36.4 Å². The molecular formula is C24H21Cl3N6O4S. The van der Waals surface area contributed by atoms with Gasteiger partial charge >= 0.3 is 5.97 Å². The molecule has 0 bridgehead atoms. The minimum Gasteiger partial charge on any atom is -0.493 e. The maximum atomic E-state index is 11.0. The van der Waals surface area contributed by atoms with Crippen LogP contribution in [0.5, 0.6) is 11.5 Å². The van der Waals surface area contributed by atoms with E-state index in [1.54, 1.807) is 32.0 Å². The second-order valence-electron chi connectivity index (χ2n) is 8.34. The number of imidazole rings is 1. The number of halogens is 3. The Morgan fingerprint density at radius 3 is 2.68 bits per heavy atom. The number of carboxylic acid groups (broad SMARTS) is 1. The van der Waals surface area contributed by atoms with E-state index in [4.69, 9.17) is 49.4 Å². The smallest absolute Gasteiger partial charge is 0.311 e. The number of nitrogens with zero attached hydrogens (tertiary/aromatic N) is 6. The number of benzene rings is 2. The standard InChI is InChI=1S/C24H21Cl3N6O4S/c1-36-16-5-3-4-13(20(16)37-2)21-14-10-12(25)6-7-15(14)33-23(27)22(26)28-24(33)17(38-21)8-9-32-30-18(29-31-32)11-19(34)35/h3-7,10,17,21H,8-9,11H2,1-2H3,(H,34,35). The molecule has 38 heavy (non-hydrogen) atoms. The first-order valence-corrected chi connectivity index (χ1v) is 13.5. The zero-order valence-electron chi connectivity index (χ0n) is 20.1. The number of rotatable bonds is 8. The number of hydrogen-bond acceptors (Lipinski definition) is 8. The van der Waals surface area contributed by atoms with E-state index >= 15 is 0 Å². The average molecular weight is 596 g/mol. The molecular weight excluding hydrogens is 575 g/mol. The van der Waals surface area contributed by atoms with Crippen LogP contribution in [0.4, 0.5) is 0 Å². The van der Waals surface area contributed by atoms with E-state index in [1.165, 1.54) is 4.80 Å². The summed E-state index contributed by atoms with van der Waals surface area (Å²) in [4.78, 5) is 17.0. The Bertz CT molecular complexity index is 1510. The van der Waals surface area contributed by atoms with Crippen molar-refractivity contribution in [3.63, 3.8) is 0 Å². The van der Waals surface area contributed by atoms with Crippen molar-refractivity contribution in [2.45, 2.75) is 29.9 Å². The number of ether oxygens (including phenoxy) is 2. The summed E-state index contributed by atoms with van der Waals surface area (Å²) in [5, 5.41) is 21.6. The van der Waals surface area contributed by atoms with Gasteiger partial charge in [-0.05, 0) is 41.5 Å². The van der Waals surface area contributed by atoms with Crippen molar-refractivity contribution >= 4 is 52.5 Å². The maximum Gasteiger partial charge on any atom is 0.311 e. The molecule has 2 atom stereocenters. The van der Waals surface area contributed by atoms with Crippen LogP contribution in [0.25, 0.3) is 5.69 Å². The summed E-state index contributed by atoms with van der Waals surface area (Å²) in [7, 11) is 3.20. The molecule has 0 spiro atoms. The van der Waals surface area contributed by atoms with Crippen LogP contribution < -0.4 is 9.47 Å². The van der Waals surface area contributed by atoms with Gasteiger partial charge in [-0.15, -0.1) is 22.0 Å². The van der Waals surface area contributed by atoms with E-state index in [0.29, 0.717) is 35.3 Å². The molecule has 0 saturated carbocycles. The molecule has 198 valence electrons. The highest BCUT2D eigenvalue weighted by Gasteiger charge is 2.35. The van der Waals surface area contributed by atoms with Gasteiger partial charge < -0.3 is 14.6 Å². The lowest BCUT2D eigenvalue weighted by molar-refractivity contribution is -0.136. The summed E-state index contributed by atoms with van der Waals surface area (Å²) in [5.74, 6) is 0.980. The number of methoxy groups -OCH3 is 2. The van der Waals surface area contributed by atoms with E-state index < -0.39 is 5.97 Å². The molecule has 0 saturated heterocycles. The zero-order valence-corrected chi connectivity index (χ0v) is 23.2. The Morgan fingerprint density at radius 2 is 1.95 bits per heavy atom. The predicted octanol–water partition coefficient (Wildman–Crippen LogP) is 5.43. The first-order valence-electron chi connectivity index (χ1n) is 11.4. The van der Waals surface area contributed by atoms with Crippen LogP contribution in [0.2, 0.25) is 15.3 Å². The number of para-hydroxylation sites is 1. The molecule has 1 N–H and O–H groups in total. The van der Waals surface area contributed by atoms with Crippen molar-refractivity contribution in [1.82, 2.24) is 29.8 Å². The van der Waals surface area contributed by atoms with Gasteiger partial charge in [0.2, 0.25) is 0 Å². The molecule has 5 rings (SSSR count). The lowest BCUT2D eigenvalue weighted by atomic mass is 10.0. The number of hydrogen-bond donors (Lipinski definition) is 1. The first kappa shape index (κ1) is 26.6. The summed E-state index contributed by atoms with van der Waals surface area (Å²) < 4.78 is 13.2. The third-order valence-corrected chi connectivity index (χ3v) is 8.52. The Balaban J connectivity index is 1.61. The van der Waals surface area contributed by atoms with Crippen LogP contribution in [0.1, 0.15) is 39.7 Å². The third kappa shape index (κ3) is 5.03. The van der Waals surface area contributed by atoms with Gasteiger partial charge in [-0.1, -0.05) is 46.9 Å². The minimum absolute atomic E-state index is 0.139. The van der Waals surface area contributed by atoms with Gasteiger partial charge in [0.15, 0.2) is 27.6 Å². The number of tetrazole rings is 1. The highest BCUT2D eigenvalue weighted by molar-refractivity contribution is 8.00. The van der Waals surface area contributed by atoms with Gasteiger partial charge in [0, 0.05) is 10.6 Å². The number of aliphatic carboxylic acids is 1. The monoisotopic (exact) mass is 594 g/mol. The fourth-order valence-electron chi connectivity index (χ4n) is 4.44. The van der Waals surface area contributed by atoms with E-state index in [2.05, 4.69) is 20.4 Å². The van der Waals surface area contributed by atoms with Gasteiger partial charge in [-0.3, -0.25) is 9.36 Å². The maximum absolute atomic E-state index is 11.0. The lowest BCUT2D eigenvalue weighted by Crippen LogP contribution is -2.10. The number of carbonyl (C=O) groups is 1. The summed E-state index contributed by atoms with van der Waals surface area (Å²) in [6.45, 7) is 0.353. The Morgan fingerprint density at radius 1 is 1.13 bits per heavy atom. The average Bonchev–Trinajstić information content (AvgIpc) is 3.42. The van der Waals surface area contributed by atoms with Crippen LogP contribution in [-0.2, 0) is 17.8 Å². The third-order valence-electron chi connectivity index (χ3n) is 6.02. The van der Waals surface area contributed by atoms with Crippen molar-refractivity contribution in [2.75, 3.05) is 14.2 Å². The molecule has 0 radical (unpaired) electrons. The van der Waals surface area contributed by atoms with Crippen LogP contribution >= 0.6 is 46.6 Å². The Labute approximate surface area is 236 Å². The second kappa shape index (κ2) is 11.0. The molecule has 4 aromatic rings. The van der Waals surface area contributed by atoms with E-state index in [0.717, 1.165) is 16.8 Å². The molecule has 14 heteroatoms. The molecule has 2 aromatic heterocycles. The lowest BCUT2D eigenvalue weighted by Gasteiger charge is -2.24. The Kier molecular flexibility index (Phi) is 7.71. The van der Waals surface area contributed by atoms with Crippen molar-refractivity contribution in [2.24, 2.45) is 0 Å². The van der Waals surface area contributed by atoms with E-state index in [9.17, 15) is 4.79 Å². The summed E-state index contributed by atoms with van der Waals surface area (Å²) in [6, 6.07) is 11.3. The minimum atomic E-state index is -1.03. The SMILES string of the molecule is COc1cccc(C2SC(CCn3nnc(CC(=O)O)n3)c3nc(Cl)c(Cl)n3-c3ccc(Cl)cc32)c1OC. The molecule has 0 amide bonds. The fraction of sp³-hybridized carbons (Fsp3) is 0.292. The van der Waals surface area contributed by atoms with Gasteiger partial charge in [0.1, 0.15) is 12.2 Å². The molecule has 0 aliphatic carbocycles. The number of aryl methyl sites for hydroxylation is 1. The number of fused-ring (bicyclic) bond motifs is 3. The van der Waals surface area contributed by atoms with E-state index in [-0.39, 0.29) is 33.1 Å². The molecule has 3 heterocycles. The van der Waals surface area contributed by atoms with Crippen LogP contribution in [0.3, 0.4) is 0 Å². The highest BCUT2D eigenvalue weighted by Crippen LogP contribution is 2.54. The number of carboxylic acids is 1. The molecule has 2 aromatic carbocycles. The fourth-order valence-corrected chi connectivity index (χ4v) is 6.53. The number of thioether (sulfide) groups is 1. The quantitative estimate of drug-likeness (QED) is 0.284. The van der Waals surface area contributed by atoms with Gasteiger partial charge in [-0.25, -0.2) is 4.98 Å². The van der Waals surface area contributed by atoms with Crippen LogP contribution in [0, 0.1) is 0 Å². The van der Waals surface area contributed by atoms with Crippen LogP contribution in [-0.4, -0.2) is 55.1 Å². The topological polar surface area (TPSA) is 117 Å². The molecule has 10 nitrogen and oxygen atoms in total. The predicted molar refractivity (Wildman–Crippen MR) is 144 cm³/mol. The molecule has 1 aliphatic heterocycles. The van der Waals surface area contributed by atoms with E-state index in [1.807, 2.05) is 34.9 Å².